The summed E-state index contributed by atoms with van der Waals surface area (Å²) < 4.78 is 54.5. The first-order valence-corrected chi connectivity index (χ1v) is 10.2. The normalized spacial score (nSPS) is 11.3. The molecule has 3 aromatic carbocycles. The van der Waals surface area contributed by atoms with Crippen LogP contribution in [0.5, 0.6) is 0 Å². The van der Waals surface area contributed by atoms with E-state index in [0.29, 0.717) is 11.6 Å². The van der Waals surface area contributed by atoms with Gasteiger partial charge in [-0.1, -0.05) is 36.4 Å². The first kappa shape index (κ1) is 20.6. The fourth-order valence-electron chi connectivity index (χ4n) is 2.65. The Morgan fingerprint density at radius 1 is 0.966 bits per heavy atom. The van der Waals surface area contributed by atoms with Crippen molar-refractivity contribution in [1.82, 2.24) is 4.72 Å². The van der Waals surface area contributed by atoms with E-state index in [2.05, 4.69) is 10.0 Å². The van der Waals surface area contributed by atoms with E-state index < -0.39 is 27.6 Å². The summed E-state index contributed by atoms with van der Waals surface area (Å²) >= 11 is 0. The molecule has 5 nitrogen and oxygen atoms in total. The van der Waals surface area contributed by atoms with E-state index in [9.17, 15) is 22.0 Å². The molecule has 8 heteroatoms. The second-order valence-electron chi connectivity index (χ2n) is 6.37. The van der Waals surface area contributed by atoms with Crippen molar-refractivity contribution >= 4 is 21.6 Å². The molecule has 29 heavy (non-hydrogen) atoms. The molecule has 2 N–H and O–H groups in total. The summed E-state index contributed by atoms with van der Waals surface area (Å²) in [6.07, 6.45) is 0. The lowest BCUT2D eigenvalue weighted by Crippen LogP contribution is -2.24. The van der Waals surface area contributed by atoms with Crippen molar-refractivity contribution in [2.24, 2.45) is 0 Å². The largest absolute Gasteiger partial charge is 0.319 e. The quantitative estimate of drug-likeness (QED) is 0.638. The van der Waals surface area contributed by atoms with Crippen LogP contribution in [0.1, 0.15) is 21.5 Å². The van der Waals surface area contributed by atoms with Crippen molar-refractivity contribution < 1.29 is 22.0 Å². The van der Waals surface area contributed by atoms with Gasteiger partial charge < -0.3 is 5.32 Å². The molecular weight excluding hydrogens is 398 g/mol. The van der Waals surface area contributed by atoms with Gasteiger partial charge >= 0.3 is 0 Å². The molecule has 0 aromatic heterocycles. The van der Waals surface area contributed by atoms with Crippen LogP contribution in [0.25, 0.3) is 0 Å². The van der Waals surface area contributed by atoms with Crippen LogP contribution in [0, 0.1) is 18.6 Å². The van der Waals surface area contributed by atoms with Gasteiger partial charge in [-0.3, -0.25) is 4.79 Å². The molecule has 150 valence electrons. The van der Waals surface area contributed by atoms with Crippen LogP contribution in [-0.4, -0.2) is 14.3 Å². The Morgan fingerprint density at radius 3 is 2.38 bits per heavy atom. The van der Waals surface area contributed by atoms with Crippen molar-refractivity contribution in [1.29, 1.82) is 0 Å². The molecule has 0 aliphatic heterocycles. The summed E-state index contributed by atoms with van der Waals surface area (Å²) in [6, 6.07) is 15.9. The van der Waals surface area contributed by atoms with Gasteiger partial charge in [-0.15, -0.1) is 0 Å². The van der Waals surface area contributed by atoms with Crippen molar-refractivity contribution in [3.05, 3.63) is 95.1 Å². The summed E-state index contributed by atoms with van der Waals surface area (Å²) in [4.78, 5) is 12.5. The van der Waals surface area contributed by atoms with Crippen molar-refractivity contribution in [2.45, 2.75) is 18.4 Å². The summed E-state index contributed by atoms with van der Waals surface area (Å²) in [5.74, 6) is -2.40. The fraction of sp³-hybridized carbons (Fsp3) is 0.0952. The third-order valence-corrected chi connectivity index (χ3v) is 5.65. The van der Waals surface area contributed by atoms with Crippen LogP contribution in [-0.2, 0) is 16.6 Å². The molecular formula is C21H18F2N2O3S. The second kappa shape index (κ2) is 8.50. The number of carbonyl (C=O) groups excluding carboxylic acids is 1. The topological polar surface area (TPSA) is 75.3 Å². The van der Waals surface area contributed by atoms with E-state index >= 15 is 0 Å². The van der Waals surface area contributed by atoms with Crippen LogP contribution in [0.4, 0.5) is 14.5 Å². The summed E-state index contributed by atoms with van der Waals surface area (Å²) in [6.45, 7) is 1.73. The minimum absolute atomic E-state index is 0.0660. The highest BCUT2D eigenvalue weighted by Crippen LogP contribution is 2.20. The third kappa shape index (κ3) is 5.04. The molecule has 0 spiro atoms. The van der Waals surface area contributed by atoms with E-state index in [0.717, 1.165) is 17.7 Å². The minimum Gasteiger partial charge on any atom is -0.319 e. The molecule has 0 aliphatic rings. The maximum Gasteiger partial charge on any atom is 0.256 e. The maximum absolute atomic E-state index is 13.8. The molecule has 0 fully saturated rings. The molecule has 3 aromatic rings. The van der Waals surface area contributed by atoms with E-state index in [4.69, 9.17) is 0 Å². The number of hydrogen-bond acceptors (Lipinski definition) is 3. The first-order chi connectivity index (χ1) is 13.8. The Hall–Kier alpha value is -3.10. The van der Waals surface area contributed by atoms with E-state index in [1.54, 1.807) is 31.2 Å². The summed E-state index contributed by atoms with van der Waals surface area (Å²) in [5.41, 5.74) is 1.16. The number of aryl methyl sites for hydroxylation is 1. The predicted molar refractivity (Wildman–Crippen MR) is 106 cm³/mol. The zero-order chi connectivity index (χ0) is 21.0. The van der Waals surface area contributed by atoms with Crippen LogP contribution in [0.3, 0.4) is 0 Å². The van der Waals surface area contributed by atoms with Crippen LogP contribution < -0.4 is 10.0 Å². The number of rotatable bonds is 6. The van der Waals surface area contributed by atoms with Gasteiger partial charge in [-0.25, -0.2) is 21.9 Å². The second-order valence-corrected chi connectivity index (χ2v) is 8.13. The van der Waals surface area contributed by atoms with Crippen molar-refractivity contribution in [3.63, 3.8) is 0 Å². The SMILES string of the molecule is Cc1ccc(S(=O)(=O)NCc2ccccc2)cc1C(=O)Nc1ccc(F)cc1F. The Bertz CT molecular complexity index is 1150. The Morgan fingerprint density at radius 2 is 1.69 bits per heavy atom. The molecule has 0 unspecified atom stereocenters. The Kier molecular flexibility index (Phi) is 6.05. The Labute approximate surface area is 167 Å². The van der Waals surface area contributed by atoms with E-state index in [-0.39, 0.29) is 22.7 Å². The summed E-state index contributed by atoms with van der Waals surface area (Å²) in [5, 5.41) is 2.34. The van der Waals surface area contributed by atoms with Gasteiger partial charge in [0.05, 0.1) is 10.6 Å². The fourth-order valence-corrected chi connectivity index (χ4v) is 3.69. The van der Waals surface area contributed by atoms with Crippen LogP contribution in [0.15, 0.2) is 71.6 Å². The predicted octanol–water partition coefficient (Wildman–Crippen LogP) is 4.00. The van der Waals surface area contributed by atoms with Gasteiger partial charge in [0.1, 0.15) is 11.6 Å². The molecule has 0 saturated heterocycles. The average molecular weight is 416 g/mol. The zero-order valence-electron chi connectivity index (χ0n) is 15.4. The molecule has 1 amide bonds. The van der Waals surface area contributed by atoms with Crippen LogP contribution >= 0.6 is 0 Å². The zero-order valence-corrected chi connectivity index (χ0v) is 16.3. The molecule has 0 saturated carbocycles. The lowest BCUT2D eigenvalue weighted by molar-refractivity contribution is 0.102. The number of carbonyl (C=O) groups is 1. The number of anilines is 1. The molecule has 0 bridgehead atoms. The molecule has 0 aliphatic carbocycles. The smallest absolute Gasteiger partial charge is 0.256 e. The molecule has 0 radical (unpaired) electrons. The minimum atomic E-state index is -3.87. The average Bonchev–Trinajstić information content (AvgIpc) is 2.69. The molecule has 0 atom stereocenters. The number of sulfonamides is 1. The Balaban J connectivity index is 1.82. The monoisotopic (exact) mass is 416 g/mol. The van der Waals surface area contributed by atoms with Crippen molar-refractivity contribution in [2.75, 3.05) is 5.32 Å². The highest BCUT2D eigenvalue weighted by molar-refractivity contribution is 7.89. The lowest BCUT2D eigenvalue weighted by atomic mass is 10.1. The van der Waals surface area contributed by atoms with Crippen molar-refractivity contribution in [3.8, 4) is 0 Å². The van der Waals surface area contributed by atoms with Gasteiger partial charge in [0.2, 0.25) is 10.0 Å². The number of nitrogens with one attached hydrogen (secondary N) is 2. The highest BCUT2D eigenvalue weighted by Gasteiger charge is 2.19. The van der Waals surface area contributed by atoms with E-state index in [1.165, 1.54) is 18.2 Å². The summed E-state index contributed by atoms with van der Waals surface area (Å²) in [7, 11) is -3.87. The highest BCUT2D eigenvalue weighted by atomic mass is 32.2. The van der Waals surface area contributed by atoms with Gasteiger partial charge in [0.25, 0.3) is 5.91 Å². The molecule has 0 heterocycles. The van der Waals surface area contributed by atoms with Crippen LogP contribution in [0.2, 0.25) is 0 Å². The number of halogens is 2. The molecule has 3 rings (SSSR count). The maximum atomic E-state index is 13.8. The first-order valence-electron chi connectivity index (χ1n) is 8.67. The third-order valence-electron chi connectivity index (χ3n) is 4.25. The number of benzene rings is 3. The van der Waals surface area contributed by atoms with E-state index in [1.807, 2.05) is 6.07 Å². The van der Waals surface area contributed by atoms with Gasteiger partial charge in [-0.2, -0.15) is 0 Å². The van der Waals surface area contributed by atoms with Gasteiger partial charge in [-0.05, 0) is 42.3 Å². The van der Waals surface area contributed by atoms with Gasteiger partial charge in [0.15, 0.2) is 0 Å². The van der Waals surface area contributed by atoms with Gasteiger partial charge in [0, 0.05) is 18.2 Å². The lowest BCUT2D eigenvalue weighted by Gasteiger charge is -2.12. The standard InChI is InChI=1S/C21H18F2N2O3S/c1-14-7-9-17(29(27,28)24-13-15-5-3-2-4-6-15)12-18(14)21(26)25-20-10-8-16(22)11-19(20)23/h2-12,24H,13H2,1H3,(H,25,26). The number of hydrogen-bond donors (Lipinski definition) is 2. The number of amides is 1.